The Morgan fingerprint density at radius 2 is 2.00 bits per heavy atom. The average Bonchev–Trinajstić information content (AvgIpc) is 3.05. The van der Waals surface area contributed by atoms with Crippen LogP contribution in [0.3, 0.4) is 0 Å². The second-order valence-electron chi connectivity index (χ2n) is 5.89. The molecular formula is C15H19NO. The zero-order valence-corrected chi connectivity index (χ0v) is 10.3. The summed E-state index contributed by atoms with van der Waals surface area (Å²) in [4.78, 5) is 11.7. The van der Waals surface area contributed by atoms with Crippen LogP contribution >= 0.6 is 0 Å². The molecule has 17 heavy (non-hydrogen) atoms. The van der Waals surface area contributed by atoms with Gasteiger partial charge in [0, 0.05) is 11.8 Å². The van der Waals surface area contributed by atoms with Crippen molar-refractivity contribution >= 4 is 5.91 Å². The fourth-order valence-electron chi connectivity index (χ4n) is 3.16. The van der Waals surface area contributed by atoms with Gasteiger partial charge < -0.3 is 5.32 Å². The van der Waals surface area contributed by atoms with E-state index in [0.717, 1.165) is 5.92 Å². The van der Waals surface area contributed by atoms with Gasteiger partial charge in [0.25, 0.3) is 0 Å². The summed E-state index contributed by atoms with van der Waals surface area (Å²) in [5, 5.41) is 3.15. The smallest absolute Gasteiger partial charge is 0.221 e. The maximum absolute atomic E-state index is 11.7. The number of amides is 1. The highest BCUT2D eigenvalue weighted by Crippen LogP contribution is 2.50. The van der Waals surface area contributed by atoms with E-state index in [0.29, 0.717) is 6.42 Å². The Hall–Kier alpha value is -1.31. The first kappa shape index (κ1) is 10.8. The molecule has 2 aliphatic rings. The van der Waals surface area contributed by atoms with Crippen LogP contribution in [0.4, 0.5) is 0 Å². The van der Waals surface area contributed by atoms with Crippen LogP contribution in [0.15, 0.2) is 30.3 Å². The fourth-order valence-corrected chi connectivity index (χ4v) is 3.16. The van der Waals surface area contributed by atoms with Crippen molar-refractivity contribution in [3.63, 3.8) is 0 Å². The van der Waals surface area contributed by atoms with Crippen molar-refractivity contribution in [1.29, 1.82) is 0 Å². The lowest BCUT2D eigenvalue weighted by atomic mass is 9.75. The summed E-state index contributed by atoms with van der Waals surface area (Å²) in [6, 6.07) is 10.6. The van der Waals surface area contributed by atoms with E-state index in [4.69, 9.17) is 0 Å². The molecule has 3 rings (SSSR count). The molecule has 1 aromatic rings. The van der Waals surface area contributed by atoms with E-state index < -0.39 is 0 Å². The Bertz CT molecular complexity index is 424. The number of hydrogen-bond donors (Lipinski definition) is 1. The van der Waals surface area contributed by atoms with E-state index in [9.17, 15) is 4.79 Å². The lowest BCUT2D eigenvalue weighted by Gasteiger charge is -2.30. The highest BCUT2D eigenvalue weighted by Gasteiger charge is 2.46. The number of nitrogens with one attached hydrogen (secondary N) is 1. The summed E-state index contributed by atoms with van der Waals surface area (Å²) in [6.45, 7) is 2.26. The molecule has 1 aliphatic heterocycles. The Morgan fingerprint density at radius 1 is 1.29 bits per heavy atom. The first-order valence-electron chi connectivity index (χ1n) is 6.52. The van der Waals surface area contributed by atoms with Crippen molar-refractivity contribution in [1.82, 2.24) is 5.32 Å². The molecule has 1 N–H and O–H groups in total. The van der Waals surface area contributed by atoms with E-state index in [1.165, 1.54) is 24.8 Å². The first-order chi connectivity index (χ1) is 8.17. The summed E-state index contributed by atoms with van der Waals surface area (Å²) in [7, 11) is 0. The summed E-state index contributed by atoms with van der Waals surface area (Å²) < 4.78 is 0. The van der Waals surface area contributed by atoms with Crippen LogP contribution in [0.25, 0.3) is 0 Å². The molecule has 2 heteroatoms. The van der Waals surface area contributed by atoms with Gasteiger partial charge in [-0.3, -0.25) is 4.79 Å². The minimum absolute atomic E-state index is 0.111. The lowest BCUT2D eigenvalue weighted by molar-refractivity contribution is -0.119. The molecule has 1 amide bonds. The van der Waals surface area contributed by atoms with Gasteiger partial charge in [0.15, 0.2) is 0 Å². The van der Waals surface area contributed by atoms with Gasteiger partial charge in [-0.1, -0.05) is 50.1 Å². The molecule has 2 fully saturated rings. The molecule has 2 atom stereocenters. The van der Waals surface area contributed by atoms with Gasteiger partial charge in [-0.05, 0) is 17.9 Å². The topological polar surface area (TPSA) is 29.1 Å². The molecule has 2 unspecified atom stereocenters. The SMILES string of the molecule is CC1(CC2CC2)CC(=O)NC1c1ccccc1. The third kappa shape index (κ3) is 2.08. The number of rotatable bonds is 3. The monoisotopic (exact) mass is 229 g/mol. The van der Waals surface area contributed by atoms with Gasteiger partial charge in [-0.25, -0.2) is 0 Å². The Kier molecular flexibility index (Phi) is 2.46. The van der Waals surface area contributed by atoms with Crippen molar-refractivity contribution in [3.8, 4) is 0 Å². The van der Waals surface area contributed by atoms with Crippen LogP contribution < -0.4 is 5.32 Å². The van der Waals surface area contributed by atoms with Crippen molar-refractivity contribution in [3.05, 3.63) is 35.9 Å². The van der Waals surface area contributed by atoms with Crippen LogP contribution in [-0.2, 0) is 4.79 Å². The molecule has 1 aliphatic carbocycles. The summed E-state index contributed by atoms with van der Waals surface area (Å²) in [6.07, 6.45) is 4.57. The summed E-state index contributed by atoms with van der Waals surface area (Å²) >= 11 is 0. The molecule has 1 heterocycles. The molecule has 0 radical (unpaired) electrons. The fraction of sp³-hybridized carbons (Fsp3) is 0.533. The normalized spacial score (nSPS) is 32.5. The average molecular weight is 229 g/mol. The van der Waals surface area contributed by atoms with Crippen molar-refractivity contribution in [2.24, 2.45) is 11.3 Å². The summed E-state index contributed by atoms with van der Waals surface area (Å²) in [5.41, 5.74) is 1.36. The zero-order valence-electron chi connectivity index (χ0n) is 10.3. The highest BCUT2D eigenvalue weighted by atomic mass is 16.2. The number of carbonyl (C=O) groups is 1. The van der Waals surface area contributed by atoms with Gasteiger partial charge >= 0.3 is 0 Å². The maximum Gasteiger partial charge on any atom is 0.221 e. The minimum Gasteiger partial charge on any atom is -0.349 e. The van der Waals surface area contributed by atoms with E-state index in [1.807, 2.05) is 6.07 Å². The molecule has 1 saturated carbocycles. The zero-order chi connectivity index (χ0) is 11.9. The molecule has 1 aromatic carbocycles. The van der Waals surface area contributed by atoms with Gasteiger partial charge in [0.05, 0.1) is 6.04 Å². The number of benzene rings is 1. The maximum atomic E-state index is 11.7. The molecule has 0 aromatic heterocycles. The predicted octanol–water partition coefficient (Wildman–Crippen LogP) is 3.05. The van der Waals surface area contributed by atoms with Crippen LogP contribution in [-0.4, -0.2) is 5.91 Å². The van der Waals surface area contributed by atoms with Crippen LogP contribution in [0.1, 0.15) is 44.2 Å². The highest BCUT2D eigenvalue weighted by molar-refractivity contribution is 5.80. The van der Waals surface area contributed by atoms with Crippen LogP contribution in [0.5, 0.6) is 0 Å². The molecule has 0 bridgehead atoms. The van der Waals surface area contributed by atoms with Crippen molar-refractivity contribution < 1.29 is 4.79 Å². The molecule has 90 valence electrons. The van der Waals surface area contributed by atoms with Gasteiger partial charge in [0.1, 0.15) is 0 Å². The minimum atomic E-state index is 0.111. The van der Waals surface area contributed by atoms with Crippen LogP contribution in [0, 0.1) is 11.3 Å². The Labute approximate surface area is 102 Å². The number of hydrogen-bond acceptors (Lipinski definition) is 1. The largest absolute Gasteiger partial charge is 0.349 e. The second-order valence-corrected chi connectivity index (χ2v) is 5.89. The van der Waals surface area contributed by atoms with Gasteiger partial charge in [-0.2, -0.15) is 0 Å². The molecule has 2 nitrogen and oxygen atoms in total. The van der Waals surface area contributed by atoms with Crippen molar-refractivity contribution in [2.75, 3.05) is 0 Å². The van der Waals surface area contributed by atoms with E-state index >= 15 is 0 Å². The predicted molar refractivity (Wildman–Crippen MR) is 67.4 cm³/mol. The molecular weight excluding hydrogens is 210 g/mol. The van der Waals surface area contributed by atoms with Crippen LogP contribution in [0.2, 0.25) is 0 Å². The van der Waals surface area contributed by atoms with E-state index in [-0.39, 0.29) is 17.4 Å². The van der Waals surface area contributed by atoms with Gasteiger partial charge in [-0.15, -0.1) is 0 Å². The van der Waals surface area contributed by atoms with Crippen molar-refractivity contribution in [2.45, 2.75) is 38.6 Å². The lowest BCUT2D eigenvalue weighted by Crippen LogP contribution is -2.27. The molecule has 1 saturated heterocycles. The second kappa shape index (κ2) is 3.86. The Morgan fingerprint density at radius 3 is 2.65 bits per heavy atom. The third-order valence-corrected chi connectivity index (χ3v) is 4.15. The Balaban J connectivity index is 1.88. The standard InChI is InChI=1S/C15H19NO/c1-15(9-11-7-8-11)10-13(17)16-14(15)12-5-3-2-4-6-12/h2-6,11,14H,7-10H2,1H3,(H,16,17). The third-order valence-electron chi connectivity index (χ3n) is 4.15. The van der Waals surface area contributed by atoms with E-state index in [2.05, 4.69) is 36.5 Å². The number of carbonyl (C=O) groups excluding carboxylic acids is 1. The first-order valence-corrected chi connectivity index (χ1v) is 6.52. The summed E-state index contributed by atoms with van der Waals surface area (Å²) in [5.74, 6) is 1.07. The molecule has 0 spiro atoms. The quantitative estimate of drug-likeness (QED) is 0.848. The van der Waals surface area contributed by atoms with Gasteiger partial charge in [0.2, 0.25) is 5.91 Å². The van der Waals surface area contributed by atoms with E-state index in [1.54, 1.807) is 0 Å².